The highest BCUT2D eigenvalue weighted by molar-refractivity contribution is 6.34. The van der Waals surface area contributed by atoms with Crippen LogP contribution in [-0.2, 0) is 4.74 Å². The lowest BCUT2D eigenvalue weighted by Gasteiger charge is -2.10. The molecule has 0 aliphatic carbocycles. The molecule has 0 bridgehead atoms. The van der Waals surface area contributed by atoms with Gasteiger partial charge in [0.15, 0.2) is 0 Å². The van der Waals surface area contributed by atoms with E-state index in [0.29, 0.717) is 11.3 Å². The number of carbonyl (C=O) groups is 2. The molecule has 5 nitrogen and oxygen atoms in total. The van der Waals surface area contributed by atoms with E-state index in [1.165, 1.54) is 18.2 Å². The molecule has 18 heavy (non-hydrogen) atoms. The van der Waals surface area contributed by atoms with Crippen molar-refractivity contribution in [1.82, 2.24) is 0 Å². The molecule has 0 aromatic heterocycles. The number of carboxylic acid groups (broad SMARTS) is 1. The fourth-order valence-corrected chi connectivity index (χ4v) is 1.51. The van der Waals surface area contributed by atoms with E-state index in [9.17, 15) is 9.59 Å². The lowest BCUT2D eigenvalue weighted by molar-refractivity contribution is 0.0696. The molecule has 0 fully saturated rings. The van der Waals surface area contributed by atoms with E-state index in [1.807, 2.05) is 0 Å². The maximum atomic E-state index is 11.3. The second-order valence-corrected chi connectivity index (χ2v) is 3.79. The highest BCUT2D eigenvalue weighted by Crippen LogP contribution is 2.28. The number of rotatable bonds is 4. The van der Waals surface area contributed by atoms with Gasteiger partial charge in [-0.1, -0.05) is 24.3 Å². The molecule has 96 valence electrons. The quantitative estimate of drug-likeness (QED) is 0.824. The molecule has 1 aromatic rings. The average Bonchev–Trinajstić information content (AvgIpc) is 2.32. The summed E-state index contributed by atoms with van der Waals surface area (Å²) >= 11 is 5.97. The standard InChI is InChI=1S/C12H12ClNO4/c1-3-6-18-12(17)14-9-5-4-8(11(15)16)7(2)10(9)13/h3-5H,1,6H2,2H3,(H,14,17)(H,15,16). The van der Waals surface area contributed by atoms with Crippen LogP contribution in [0.1, 0.15) is 15.9 Å². The number of aromatic carboxylic acids is 1. The van der Waals surface area contributed by atoms with Crippen molar-refractivity contribution >= 4 is 29.4 Å². The third-order valence-electron chi connectivity index (χ3n) is 2.19. The van der Waals surface area contributed by atoms with E-state index in [2.05, 4.69) is 11.9 Å². The van der Waals surface area contributed by atoms with E-state index in [0.717, 1.165) is 0 Å². The second kappa shape index (κ2) is 6.07. The first kappa shape index (κ1) is 14.1. The van der Waals surface area contributed by atoms with Gasteiger partial charge >= 0.3 is 12.1 Å². The van der Waals surface area contributed by atoms with Crippen LogP contribution < -0.4 is 5.32 Å². The molecule has 0 saturated carbocycles. The number of carboxylic acids is 1. The van der Waals surface area contributed by atoms with Crippen molar-refractivity contribution in [1.29, 1.82) is 0 Å². The molecule has 2 N–H and O–H groups in total. The average molecular weight is 270 g/mol. The minimum Gasteiger partial charge on any atom is -0.478 e. The van der Waals surface area contributed by atoms with Gasteiger partial charge in [-0.2, -0.15) is 0 Å². The Hall–Kier alpha value is -2.01. The molecular formula is C12H12ClNO4. The van der Waals surface area contributed by atoms with Crippen LogP contribution in [0.2, 0.25) is 5.02 Å². The third kappa shape index (κ3) is 3.24. The van der Waals surface area contributed by atoms with Crippen molar-refractivity contribution in [2.45, 2.75) is 6.92 Å². The van der Waals surface area contributed by atoms with Crippen LogP contribution in [-0.4, -0.2) is 23.8 Å². The Labute approximate surface area is 109 Å². The Kier molecular flexibility index (Phi) is 4.74. The molecule has 6 heteroatoms. The van der Waals surface area contributed by atoms with Gasteiger partial charge < -0.3 is 9.84 Å². The van der Waals surface area contributed by atoms with Gasteiger partial charge in [0.25, 0.3) is 0 Å². The van der Waals surface area contributed by atoms with Crippen molar-refractivity contribution in [3.05, 3.63) is 40.9 Å². The van der Waals surface area contributed by atoms with Crippen LogP contribution in [0.4, 0.5) is 10.5 Å². The van der Waals surface area contributed by atoms with Gasteiger partial charge in [0.2, 0.25) is 0 Å². The van der Waals surface area contributed by atoms with Gasteiger partial charge in [0.1, 0.15) is 6.61 Å². The van der Waals surface area contributed by atoms with E-state index in [4.69, 9.17) is 21.4 Å². The number of halogens is 1. The summed E-state index contributed by atoms with van der Waals surface area (Å²) in [7, 11) is 0. The van der Waals surface area contributed by atoms with Crippen molar-refractivity contribution in [2.24, 2.45) is 0 Å². The summed E-state index contributed by atoms with van der Waals surface area (Å²) in [6, 6.07) is 2.78. The van der Waals surface area contributed by atoms with Gasteiger partial charge in [0.05, 0.1) is 16.3 Å². The molecule has 0 aliphatic heterocycles. The van der Waals surface area contributed by atoms with Crippen LogP contribution in [0.25, 0.3) is 0 Å². The fraction of sp³-hybridized carbons (Fsp3) is 0.167. The zero-order valence-electron chi connectivity index (χ0n) is 9.70. The van der Waals surface area contributed by atoms with E-state index >= 15 is 0 Å². The summed E-state index contributed by atoms with van der Waals surface area (Å²) in [5, 5.41) is 11.5. The molecule has 0 saturated heterocycles. The largest absolute Gasteiger partial charge is 0.478 e. The highest BCUT2D eigenvalue weighted by atomic mass is 35.5. The fourth-order valence-electron chi connectivity index (χ4n) is 1.29. The van der Waals surface area contributed by atoms with Gasteiger partial charge in [-0.3, -0.25) is 5.32 Å². The molecule has 0 aliphatic rings. The van der Waals surface area contributed by atoms with Crippen molar-refractivity contribution in [2.75, 3.05) is 11.9 Å². The van der Waals surface area contributed by atoms with E-state index in [-0.39, 0.29) is 17.2 Å². The lowest BCUT2D eigenvalue weighted by Crippen LogP contribution is -2.14. The maximum absolute atomic E-state index is 11.3. The summed E-state index contributed by atoms with van der Waals surface area (Å²) in [5.74, 6) is -1.07. The lowest BCUT2D eigenvalue weighted by atomic mass is 10.1. The Morgan fingerprint density at radius 3 is 2.78 bits per heavy atom. The monoisotopic (exact) mass is 269 g/mol. The van der Waals surface area contributed by atoms with Crippen LogP contribution in [0, 0.1) is 6.92 Å². The Morgan fingerprint density at radius 2 is 2.22 bits per heavy atom. The minimum absolute atomic E-state index is 0.0790. The molecular weight excluding hydrogens is 258 g/mol. The van der Waals surface area contributed by atoms with Crippen molar-refractivity contribution in [3.63, 3.8) is 0 Å². The summed E-state index contributed by atoms with van der Waals surface area (Å²) in [4.78, 5) is 22.2. The smallest absolute Gasteiger partial charge is 0.411 e. The predicted molar refractivity (Wildman–Crippen MR) is 68.3 cm³/mol. The number of nitrogens with one attached hydrogen (secondary N) is 1. The van der Waals surface area contributed by atoms with Gasteiger partial charge in [-0.25, -0.2) is 9.59 Å². The number of ether oxygens (including phenoxy) is 1. The van der Waals surface area contributed by atoms with Crippen LogP contribution in [0.15, 0.2) is 24.8 Å². The summed E-state index contributed by atoms with van der Waals surface area (Å²) in [6.07, 6.45) is 0.749. The van der Waals surface area contributed by atoms with Gasteiger partial charge in [-0.15, -0.1) is 0 Å². The number of hydrogen-bond donors (Lipinski definition) is 2. The minimum atomic E-state index is -1.07. The number of benzene rings is 1. The van der Waals surface area contributed by atoms with Crippen LogP contribution >= 0.6 is 11.6 Å². The maximum Gasteiger partial charge on any atom is 0.411 e. The first-order chi connectivity index (χ1) is 8.47. The zero-order chi connectivity index (χ0) is 13.7. The van der Waals surface area contributed by atoms with Crippen LogP contribution in [0.3, 0.4) is 0 Å². The molecule has 0 radical (unpaired) electrons. The van der Waals surface area contributed by atoms with E-state index in [1.54, 1.807) is 6.92 Å². The number of carbonyl (C=O) groups excluding carboxylic acids is 1. The normalized spacial score (nSPS) is 9.67. The molecule has 1 amide bonds. The van der Waals surface area contributed by atoms with Crippen LogP contribution in [0.5, 0.6) is 0 Å². The third-order valence-corrected chi connectivity index (χ3v) is 2.67. The molecule has 0 heterocycles. The molecule has 0 atom stereocenters. The summed E-state index contributed by atoms with van der Waals surface area (Å²) in [5.41, 5.74) is 0.768. The Bertz CT molecular complexity index is 499. The Morgan fingerprint density at radius 1 is 1.56 bits per heavy atom. The number of hydrogen-bond acceptors (Lipinski definition) is 3. The number of amides is 1. The van der Waals surface area contributed by atoms with Crippen molar-refractivity contribution < 1.29 is 19.4 Å². The first-order valence-electron chi connectivity index (χ1n) is 5.04. The van der Waals surface area contributed by atoms with Gasteiger partial charge in [-0.05, 0) is 24.6 Å². The second-order valence-electron chi connectivity index (χ2n) is 3.42. The first-order valence-corrected chi connectivity index (χ1v) is 5.42. The molecule has 1 rings (SSSR count). The summed E-state index contributed by atoms with van der Waals surface area (Å²) in [6.45, 7) is 5.05. The molecule has 0 spiro atoms. The topological polar surface area (TPSA) is 75.6 Å². The van der Waals surface area contributed by atoms with Gasteiger partial charge in [0, 0.05) is 0 Å². The predicted octanol–water partition coefficient (Wildman–Crippen LogP) is 3.08. The van der Waals surface area contributed by atoms with E-state index < -0.39 is 12.1 Å². The SMILES string of the molecule is C=CCOC(=O)Nc1ccc(C(=O)O)c(C)c1Cl. The molecule has 0 unspecified atom stereocenters. The zero-order valence-corrected chi connectivity index (χ0v) is 10.5. The number of anilines is 1. The highest BCUT2D eigenvalue weighted by Gasteiger charge is 2.14. The van der Waals surface area contributed by atoms with Crippen molar-refractivity contribution in [3.8, 4) is 0 Å². The summed E-state index contributed by atoms with van der Waals surface area (Å²) < 4.78 is 4.72. The Balaban J connectivity index is 2.92. The molecule has 1 aromatic carbocycles.